The van der Waals surface area contributed by atoms with Gasteiger partial charge in [-0.05, 0) is 12.1 Å². The molecule has 0 bridgehead atoms. The van der Waals surface area contributed by atoms with Crippen LogP contribution in [0, 0.1) is 0 Å². The minimum Gasteiger partial charge on any atom is -0.368 e. The summed E-state index contributed by atoms with van der Waals surface area (Å²) in [5.74, 6) is 0.0760. The predicted molar refractivity (Wildman–Crippen MR) is 59.5 cm³/mol. The highest BCUT2D eigenvalue weighted by Gasteiger charge is 2.11. The van der Waals surface area contributed by atoms with Gasteiger partial charge in [-0.25, -0.2) is 19.3 Å². The second kappa shape index (κ2) is 4.40. The first-order chi connectivity index (χ1) is 7.72. The van der Waals surface area contributed by atoms with E-state index >= 15 is 0 Å². The van der Waals surface area contributed by atoms with Gasteiger partial charge in [-0.15, -0.1) is 0 Å². The van der Waals surface area contributed by atoms with Gasteiger partial charge in [-0.2, -0.15) is 0 Å². The van der Waals surface area contributed by atoms with Gasteiger partial charge in [-0.3, -0.25) is 0 Å². The van der Waals surface area contributed by atoms with Crippen molar-refractivity contribution in [1.82, 2.24) is 15.0 Å². The number of hydrogen-bond donors (Lipinski definition) is 1. The molecule has 2 heterocycles. The summed E-state index contributed by atoms with van der Waals surface area (Å²) in [5.41, 5.74) is 6.73. The summed E-state index contributed by atoms with van der Waals surface area (Å²) < 4.78 is 12.8. The first-order valence-electron chi connectivity index (χ1n) is 4.50. The fourth-order valence-electron chi connectivity index (χ4n) is 1.31. The summed E-state index contributed by atoms with van der Waals surface area (Å²) in [6.07, 6.45) is 2.90. The van der Waals surface area contributed by atoms with Crippen LogP contribution >= 0.6 is 11.6 Å². The van der Waals surface area contributed by atoms with Crippen molar-refractivity contribution in [3.63, 3.8) is 0 Å². The summed E-state index contributed by atoms with van der Waals surface area (Å²) in [6, 6.07) is 3.40. The van der Waals surface area contributed by atoms with Gasteiger partial charge < -0.3 is 5.73 Å². The Hall–Kier alpha value is -1.75. The van der Waals surface area contributed by atoms with Gasteiger partial charge >= 0.3 is 0 Å². The number of nitrogens with zero attached hydrogens (tertiary/aromatic N) is 3. The third kappa shape index (κ3) is 1.94. The molecule has 0 fully saturated rings. The molecule has 0 amide bonds. The van der Waals surface area contributed by atoms with E-state index in [0.717, 1.165) is 0 Å². The van der Waals surface area contributed by atoms with E-state index in [9.17, 15) is 4.39 Å². The second-order valence-corrected chi connectivity index (χ2v) is 3.44. The molecule has 82 valence electrons. The van der Waals surface area contributed by atoms with E-state index in [0.29, 0.717) is 16.8 Å². The molecule has 2 aromatic heterocycles. The number of nitrogens with two attached hydrogens (primary N) is 1. The van der Waals surface area contributed by atoms with E-state index in [1.54, 1.807) is 18.3 Å². The average Bonchev–Trinajstić information content (AvgIpc) is 2.29. The Morgan fingerprint density at radius 2 is 2.19 bits per heavy atom. The van der Waals surface area contributed by atoms with Crippen molar-refractivity contribution in [2.45, 2.75) is 6.67 Å². The highest BCUT2D eigenvalue weighted by Crippen LogP contribution is 2.27. The highest BCUT2D eigenvalue weighted by atomic mass is 35.5. The van der Waals surface area contributed by atoms with Crippen molar-refractivity contribution in [3.05, 3.63) is 35.2 Å². The lowest BCUT2D eigenvalue weighted by Gasteiger charge is -2.06. The number of nitrogen functional groups attached to an aromatic ring is 1. The molecular formula is C10H8ClFN4. The zero-order valence-electron chi connectivity index (χ0n) is 8.19. The second-order valence-electron chi connectivity index (χ2n) is 3.08. The summed E-state index contributed by atoms with van der Waals surface area (Å²) in [7, 11) is 0. The van der Waals surface area contributed by atoms with Crippen LogP contribution < -0.4 is 5.73 Å². The van der Waals surface area contributed by atoms with E-state index in [1.807, 2.05) is 0 Å². The summed E-state index contributed by atoms with van der Waals surface area (Å²) >= 11 is 5.91. The first kappa shape index (κ1) is 10.8. The van der Waals surface area contributed by atoms with Crippen LogP contribution in [0.2, 0.25) is 5.15 Å². The number of alkyl halides is 1. The molecule has 2 aromatic rings. The molecular weight excluding hydrogens is 231 g/mol. The smallest absolute Gasteiger partial charge is 0.220 e. The van der Waals surface area contributed by atoms with Crippen LogP contribution in [0.3, 0.4) is 0 Å². The number of hydrogen-bond acceptors (Lipinski definition) is 4. The van der Waals surface area contributed by atoms with Crippen molar-refractivity contribution in [2.75, 3.05) is 5.73 Å². The zero-order chi connectivity index (χ0) is 11.5. The van der Waals surface area contributed by atoms with Crippen LogP contribution in [0.15, 0.2) is 24.5 Å². The van der Waals surface area contributed by atoms with Crippen LogP contribution in [0.5, 0.6) is 0 Å². The third-order valence-electron chi connectivity index (χ3n) is 2.04. The molecule has 4 nitrogen and oxygen atoms in total. The van der Waals surface area contributed by atoms with Crippen molar-refractivity contribution in [2.24, 2.45) is 0 Å². The molecule has 0 atom stereocenters. The SMILES string of the molecule is Nc1ncc(CF)c(-c2cccnc2Cl)n1. The standard InChI is InChI=1S/C10H8ClFN4/c11-9-7(2-1-3-14-9)8-6(4-12)5-15-10(13)16-8/h1-3,5H,4H2,(H2,13,15,16). The minimum absolute atomic E-state index is 0.0760. The molecule has 0 spiro atoms. The van der Waals surface area contributed by atoms with Crippen LogP contribution in [0.1, 0.15) is 5.56 Å². The van der Waals surface area contributed by atoms with E-state index in [4.69, 9.17) is 17.3 Å². The zero-order valence-corrected chi connectivity index (χ0v) is 8.95. The van der Waals surface area contributed by atoms with Crippen LogP contribution in [0.4, 0.5) is 10.3 Å². The maximum Gasteiger partial charge on any atom is 0.220 e. The quantitative estimate of drug-likeness (QED) is 0.815. The van der Waals surface area contributed by atoms with Crippen molar-refractivity contribution in [3.8, 4) is 11.3 Å². The highest BCUT2D eigenvalue weighted by molar-refractivity contribution is 6.32. The molecule has 0 aromatic carbocycles. The summed E-state index contributed by atoms with van der Waals surface area (Å²) in [4.78, 5) is 11.6. The molecule has 0 saturated carbocycles. The monoisotopic (exact) mass is 238 g/mol. The molecule has 16 heavy (non-hydrogen) atoms. The molecule has 0 aliphatic rings. The average molecular weight is 239 g/mol. The lowest BCUT2D eigenvalue weighted by atomic mass is 10.1. The van der Waals surface area contributed by atoms with Crippen molar-refractivity contribution >= 4 is 17.5 Å². The third-order valence-corrected chi connectivity index (χ3v) is 2.34. The summed E-state index contributed by atoms with van der Waals surface area (Å²) in [5, 5.41) is 0.260. The fraction of sp³-hybridized carbons (Fsp3) is 0.100. The van der Waals surface area contributed by atoms with Gasteiger partial charge in [0.1, 0.15) is 11.8 Å². The van der Waals surface area contributed by atoms with Crippen molar-refractivity contribution in [1.29, 1.82) is 0 Å². The van der Waals surface area contributed by atoms with Crippen LogP contribution in [0.25, 0.3) is 11.3 Å². The van der Waals surface area contributed by atoms with Gasteiger partial charge in [0.2, 0.25) is 5.95 Å². The fourth-order valence-corrected chi connectivity index (χ4v) is 1.52. The maximum atomic E-state index is 12.8. The number of aromatic nitrogens is 3. The molecule has 0 saturated heterocycles. The van der Waals surface area contributed by atoms with E-state index in [1.165, 1.54) is 6.20 Å². The topological polar surface area (TPSA) is 64.7 Å². The van der Waals surface area contributed by atoms with Crippen molar-refractivity contribution < 1.29 is 4.39 Å². The Morgan fingerprint density at radius 3 is 2.88 bits per heavy atom. The Bertz CT molecular complexity index is 518. The summed E-state index contributed by atoms with van der Waals surface area (Å²) in [6.45, 7) is -0.680. The number of rotatable bonds is 2. The predicted octanol–water partition coefficient (Wildman–Crippen LogP) is 2.24. The molecule has 0 unspecified atom stereocenters. The maximum absolute atomic E-state index is 12.8. The lowest BCUT2D eigenvalue weighted by Crippen LogP contribution is -2.00. The normalized spacial score (nSPS) is 10.4. The van der Waals surface area contributed by atoms with E-state index in [2.05, 4.69) is 15.0 Å². The van der Waals surface area contributed by atoms with Crippen LogP contribution in [-0.4, -0.2) is 15.0 Å². The Balaban J connectivity index is 2.63. The number of pyridine rings is 1. The number of halogens is 2. The largest absolute Gasteiger partial charge is 0.368 e. The molecule has 2 rings (SSSR count). The Kier molecular flexibility index (Phi) is 2.96. The van der Waals surface area contributed by atoms with Gasteiger partial charge in [0.25, 0.3) is 0 Å². The Morgan fingerprint density at radius 1 is 1.38 bits per heavy atom. The molecule has 6 heteroatoms. The van der Waals surface area contributed by atoms with Gasteiger partial charge in [-0.1, -0.05) is 11.6 Å². The number of anilines is 1. The molecule has 0 aliphatic carbocycles. The lowest BCUT2D eigenvalue weighted by molar-refractivity contribution is 0.484. The molecule has 0 aliphatic heterocycles. The molecule has 0 radical (unpaired) electrons. The van der Waals surface area contributed by atoms with Gasteiger partial charge in [0, 0.05) is 23.5 Å². The van der Waals surface area contributed by atoms with E-state index < -0.39 is 6.67 Å². The van der Waals surface area contributed by atoms with E-state index in [-0.39, 0.29) is 11.1 Å². The molecule has 2 N–H and O–H groups in total. The van der Waals surface area contributed by atoms with Crippen LogP contribution in [-0.2, 0) is 6.67 Å². The Labute approximate surface area is 96.3 Å². The minimum atomic E-state index is -0.680. The first-order valence-corrected chi connectivity index (χ1v) is 4.88. The van der Waals surface area contributed by atoms with Gasteiger partial charge in [0.15, 0.2) is 0 Å². The van der Waals surface area contributed by atoms with Gasteiger partial charge in [0.05, 0.1) is 5.69 Å².